The molecule has 1 heteroatoms. The van der Waals surface area contributed by atoms with Crippen molar-refractivity contribution in [2.75, 3.05) is 0 Å². The highest BCUT2D eigenvalue weighted by Crippen LogP contribution is 2.34. The minimum absolute atomic E-state index is 0.667. The van der Waals surface area contributed by atoms with Gasteiger partial charge < -0.3 is 5.11 Å². The molecule has 0 aromatic heterocycles. The summed E-state index contributed by atoms with van der Waals surface area (Å²) in [7, 11) is 0. The van der Waals surface area contributed by atoms with Gasteiger partial charge in [-0.1, -0.05) is 55.0 Å². The topological polar surface area (TPSA) is 20.2 Å². The lowest BCUT2D eigenvalue weighted by Gasteiger charge is -2.26. The van der Waals surface area contributed by atoms with E-state index in [4.69, 9.17) is 0 Å². The Hall–Kier alpha value is -0.820. The summed E-state index contributed by atoms with van der Waals surface area (Å²) in [4.78, 5) is 0. The van der Waals surface area contributed by atoms with E-state index in [1.54, 1.807) is 0 Å². The molecule has 1 N–H and O–H groups in total. The van der Waals surface area contributed by atoms with E-state index in [0.29, 0.717) is 0 Å². The van der Waals surface area contributed by atoms with E-state index in [-0.39, 0.29) is 0 Å². The lowest BCUT2D eigenvalue weighted by Crippen LogP contribution is -2.22. The third-order valence-corrected chi connectivity index (χ3v) is 4.36. The molecule has 1 aliphatic carbocycles. The zero-order chi connectivity index (χ0) is 13.2. The number of aryl methyl sites for hydroxylation is 2. The van der Waals surface area contributed by atoms with E-state index in [0.717, 1.165) is 17.9 Å². The fourth-order valence-corrected chi connectivity index (χ4v) is 3.21. The van der Waals surface area contributed by atoms with Crippen molar-refractivity contribution in [1.82, 2.24) is 0 Å². The maximum Gasteiger partial charge on any atom is 0.0868 e. The van der Waals surface area contributed by atoms with Gasteiger partial charge in [0, 0.05) is 0 Å². The summed E-state index contributed by atoms with van der Waals surface area (Å²) in [6, 6.07) is 6.42. The van der Waals surface area contributed by atoms with Crippen molar-refractivity contribution >= 4 is 0 Å². The molecule has 0 spiro atoms. The molecule has 1 saturated carbocycles. The van der Waals surface area contributed by atoms with Crippen LogP contribution in [0.3, 0.4) is 0 Å². The number of benzene rings is 1. The minimum atomic E-state index is -0.667. The third kappa shape index (κ3) is 3.35. The van der Waals surface area contributed by atoms with Crippen LogP contribution in [0.5, 0.6) is 0 Å². The number of hydrogen-bond donors (Lipinski definition) is 1. The lowest BCUT2D eigenvalue weighted by molar-refractivity contribution is 0.0408. The molecule has 1 fully saturated rings. The number of rotatable bonds is 4. The van der Waals surface area contributed by atoms with Crippen molar-refractivity contribution < 1.29 is 5.11 Å². The second-order valence-corrected chi connectivity index (χ2v) is 6.34. The number of aliphatic hydroxyl groups is 1. The van der Waals surface area contributed by atoms with Crippen molar-refractivity contribution in [2.45, 2.75) is 64.9 Å². The molecule has 0 aliphatic heterocycles. The SMILES string of the molecule is Cc1cc(C)cc(C(C)(O)CCC2CCCC2)c1. The zero-order valence-corrected chi connectivity index (χ0v) is 12.0. The van der Waals surface area contributed by atoms with E-state index < -0.39 is 5.60 Å². The van der Waals surface area contributed by atoms with Crippen LogP contribution in [0.2, 0.25) is 0 Å². The van der Waals surface area contributed by atoms with Crippen LogP contribution in [0.1, 0.15) is 62.1 Å². The van der Waals surface area contributed by atoms with Crippen LogP contribution >= 0.6 is 0 Å². The van der Waals surface area contributed by atoms with Gasteiger partial charge in [0.25, 0.3) is 0 Å². The zero-order valence-electron chi connectivity index (χ0n) is 12.0. The van der Waals surface area contributed by atoms with Gasteiger partial charge in [0.1, 0.15) is 0 Å². The molecule has 1 aromatic rings. The van der Waals surface area contributed by atoms with Crippen LogP contribution in [-0.2, 0) is 5.60 Å². The Labute approximate surface area is 111 Å². The molecule has 1 unspecified atom stereocenters. The summed E-state index contributed by atoms with van der Waals surface area (Å²) < 4.78 is 0. The molecule has 100 valence electrons. The van der Waals surface area contributed by atoms with Gasteiger partial charge in [-0.05, 0) is 45.1 Å². The summed E-state index contributed by atoms with van der Waals surface area (Å²) in [5.74, 6) is 0.849. The quantitative estimate of drug-likeness (QED) is 0.830. The fourth-order valence-electron chi connectivity index (χ4n) is 3.21. The summed E-state index contributed by atoms with van der Waals surface area (Å²) >= 11 is 0. The van der Waals surface area contributed by atoms with Gasteiger partial charge >= 0.3 is 0 Å². The van der Waals surface area contributed by atoms with E-state index in [1.165, 1.54) is 43.2 Å². The van der Waals surface area contributed by atoms with Crippen LogP contribution in [-0.4, -0.2) is 5.11 Å². The van der Waals surface area contributed by atoms with Crippen molar-refractivity contribution in [3.8, 4) is 0 Å². The first kappa shape index (κ1) is 13.6. The van der Waals surface area contributed by atoms with Crippen LogP contribution in [0, 0.1) is 19.8 Å². The normalized spacial score (nSPS) is 20.0. The number of hydrogen-bond acceptors (Lipinski definition) is 1. The molecule has 18 heavy (non-hydrogen) atoms. The summed E-state index contributed by atoms with van der Waals surface area (Å²) in [5.41, 5.74) is 2.90. The molecule has 0 amide bonds. The second kappa shape index (κ2) is 5.44. The van der Waals surface area contributed by atoms with Gasteiger partial charge in [-0.25, -0.2) is 0 Å². The Kier molecular flexibility index (Phi) is 4.11. The Morgan fingerprint density at radius 1 is 1.11 bits per heavy atom. The summed E-state index contributed by atoms with van der Waals surface area (Å²) in [6.07, 6.45) is 7.55. The molecular formula is C17H26O. The first-order valence-corrected chi connectivity index (χ1v) is 7.28. The Morgan fingerprint density at radius 2 is 1.67 bits per heavy atom. The van der Waals surface area contributed by atoms with Crippen molar-refractivity contribution in [3.63, 3.8) is 0 Å². The van der Waals surface area contributed by atoms with E-state index >= 15 is 0 Å². The van der Waals surface area contributed by atoms with Crippen molar-refractivity contribution in [2.24, 2.45) is 5.92 Å². The highest BCUT2D eigenvalue weighted by atomic mass is 16.3. The molecule has 1 aliphatic rings. The average molecular weight is 246 g/mol. The van der Waals surface area contributed by atoms with Gasteiger partial charge in [-0.15, -0.1) is 0 Å². The fraction of sp³-hybridized carbons (Fsp3) is 0.647. The first-order chi connectivity index (χ1) is 8.47. The van der Waals surface area contributed by atoms with Gasteiger partial charge in [-0.2, -0.15) is 0 Å². The van der Waals surface area contributed by atoms with Gasteiger partial charge in [0.2, 0.25) is 0 Å². The standard InChI is InChI=1S/C17H26O/c1-13-10-14(2)12-16(11-13)17(3,18)9-8-15-6-4-5-7-15/h10-12,15,18H,4-9H2,1-3H3. The van der Waals surface area contributed by atoms with Gasteiger partial charge in [-0.3, -0.25) is 0 Å². The Bertz CT molecular complexity index is 380. The smallest absolute Gasteiger partial charge is 0.0868 e. The molecule has 0 heterocycles. The van der Waals surface area contributed by atoms with Crippen LogP contribution in [0.25, 0.3) is 0 Å². The maximum absolute atomic E-state index is 10.7. The molecule has 0 bridgehead atoms. The molecule has 1 aromatic carbocycles. The largest absolute Gasteiger partial charge is 0.385 e. The van der Waals surface area contributed by atoms with E-state index in [2.05, 4.69) is 32.0 Å². The molecule has 0 saturated heterocycles. The van der Waals surface area contributed by atoms with E-state index in [9.17, 15) is 5.11 Å². The summed E-state index contributed by atoms with van der Waals surface area (Å²) in [6.45, 7) is 6.17. The summed E-state index contributed by atoms with van der Waals surface area (Å²) in [5, 5.41) is 10.7. The predicted octanol–water partition coefficient (Wildman–Crippen LogP) is 4.48. The highest BCUT2D eigenvalue weighted by molar-refractivity contribution is 5.32. The van der Waals surface area contributed by atoms with Crippen molar-refractivity contribution in [1.29, 1.82) is 0 Å². The average Bonchev–Trinajstić information content (AvgIpc) is 2.78. The van der Waals surface area contributed by atoms with Crippen LogP contribution in [0.15, 0.2) is 18.2 Å². The molecule has 1 atom stereocenters. The van der Waals surface area contributed by atoms with Gasteiger partial charge in [0.15, 0.2) is 0 Å². The highest BCUT2D eigenvalue weighted by Gasteiger charge is 2.26. The molecule has 0 radical (unpaired) electrons. The molecular weight excluding hydrogens is 220 g/mol. The molecule has 2 rings (SSSR count). The van der Waals surface area contributed by atoms with Crippen molar-refractivity contribution in [3.05, 3.63) is 34.9 Å². The predicted molar refractivity (Wildman–Crippen MR) is 76.7 cm³/mol. The lowest BCUT2D eigenvalue weighted by atomic mass is 9.86. The third-order valence-electron chi connectivity index (χ3n) is 4.36. The minimum Gasteiger partial charge on any atom is -0.385 e. The maximum atomic E-state index is 10.7. The van der Waals surface area contributed by atoms with Crippen LogP contribution < -0.4 is 0 Å². The van der Waals surface area contributed by atoms with E-state index in [1.807, 2.05) is 6.92 Å². The Morgan fingerprint density at radius 3 is 2.22 bits per heavy atom. The second-order valence-electron chi connectivity index (χ2n) is 6.34. The monoisotopic (exact) mass is 246 g/mol. The molecule has 1 nitrogen and oxygen atoms in total. The first-order valence-electron chi connectivity index (χ1n) is 7.28. The Balaban J connectivity index is 2.04. The van der Waals surface area contributed by atoms with Gasteiger partial charge in [0.05, 0.1) is 5.60 Å². The van der Waals surface area contributed by atoms with Crippen LogP contribution in [0.4, 0.5) is 0 Å².